The molecule has 0 unspecified atom stereocenters. The average molecular weight is 430 g/mol. The Hall–Kier alpha value is -2.85. The van der Waals surface area contributed by atoms with Crippen molar-refractivity contribution in [1.82, 2.24) is 10.2 Å². The molecule has 0 spiro atoms. The highest BCUT2D eigenvalue weighted by atomic mass is 16.1. The Bertz CT molecular complexity index is 1120. The van der Waals surface area contributed by atoms with Crippen molar-refractivity contribution in [2.24, 2.45) is 0 Å². The summed E-state index contributed by atoms with van der Waals surface area (Å²) in [6.07, 6.45) is 2.45. The zero-order chi connectivity index (χ0) is 22.9. The number of amides is 1. The Morgan fingerprint density at radius 3 is 2.66 bits per heavy atom. The van der Waals surface area contributed by atoms with E-state index in [0.717, 1.165) is 35.5 Å². The predicted molar refractivity (Wildman–Crippen MR) is 135 cm³/mol. The molecule has 0 bridgehead atoms. The van der Waals surface area contributed by atoms with E-state index in [1.54, 1.807) is 0 Å². The Morgan fingerprint density at radius 2 is 1.91 bits per heavy atom. The van der Waals surface area contributed by atoms with Crippen molar-refractivity contribution < 1.29 is 4.79 Å². The number of fused-ring (bicyclic) bond motifs is 1. The van der Waals surface area contributed by atoms with Gasteiger partial charge in [0.1, 0.15) is 0 Å². The molecule has 2 atom stereocenters. The predicted octanol–water partition coefficient (Wildman–Crippen LogP) is 5.56. The molecule has 1 aliphatic rings. The lowest BCUT2D eigenvalue weighted by Crippen LogP contribution is -2.47. The highest BCUT2D eigenvalue weighted by Gasteiger charge is 2.35. The van der Waals surface area contributed by atoms with Crippen LogP contribution in [0.15, 0.2) is 60.7 Å². The molecule has 168 valence electrons. The Labute approximate surface area is 192 Å². The van der Waals surface area contributed by atoms with Gasteiger partial charge in [-0.2, -0.15) is 0 Å². The number of hydrogen-bond donors (Lipinski definition) is 1. The van der Waals surface area contributed by atoms with Gasteiger partial charge >= 0.3 is 0 Å². The summed E-state index contributed by atoms with van der Waals surface area (Å²) in [6, 6.07) is 20.7. The Kier molecular flexibility index (Phi) is 6.25. The van der Waals surface area contributed by atoms with E-state index in [1.807, 2.05) is 25.1 Å². The molecule has 0 aromatic heterocycles. The van der Waals surface area contributed by atoms with E-state index in [4.69, 9.17) is 0 Å². The minimum Gasteiger partial charge on any atom is -0.373 e. The van der Waals surface area contributed by atoms with Gasteiger partial charge in [-0.1, -0.05) is 48.5 Å². The van der Waals surface area contributed by atoms with Gasteiger partial charge < -0.3 is 10.2 Å². The second kappa shape index (κ2) is 8.95. The molecule has 1 N–H and O–H groups in total. The summed E-state index contributed by atoms with van der Waals surface area (Å²) >= 11 is 0. The second-order valence-electron chi connectivity index (χ2n) is 9.64. The largest absolute Gasteiger partial charge is 0.373 e. The maximum atomic E-state index is 13.3. The minimum absolute atomic E-state index is 0.0256. The van der Waals surface area contributed by atoms with Crippen LogP contribution in [0, 0.1) is 6.92 Å². The summed E-state index contributed by atoms with van der Waals surface area (Å²) in [5.41, 5.74) is 4.13. The molecular weight excluding hydrogens is 394 g/mol. The van der Waals surface area contributed by atoms with Gasteiger partial charge in [0, 0.05) is 30.4 Å². The highest BCUT2D eigenvalue weighted by molar-refractivity contribution is 5.97. The first-order valence-electron chi connectivity index (χ1n) is 11.6. The molecule has 1 fully saturated rings. The normalized spacial score (nSPS) is 19.8. The van der Waals surface area contributed by atoms with E-state index in [1.165, 1.54) is 23.6 Å². The molecule has 32 heavy (non-hydrogen) atoms. The standard InChI is InChI=1S/C28H35N3O/c1-20-14-15-23(30(4)19-28(3)16-9-17-31(28)5)18-26(20)27(32)29-21(2)24-13-8-11-22-10-6-7-12-25(22)24/h6-8,10-15,18,21H,9,16-17,19H2,1-5H3,(H,29,32)/t21-,28-/m1/s1. The number of hydrogen-bond acceptors (Lipinski definition) is 3. The van der Waals surface area contributed by atoms with Gasteiger partial charge in [0.05, 0.1) is 6.04 Å². The zero-order valence-corrected chi connectivity index (χ0v) is 20.0. The van der Waals surface area contributed by atoms with E-state index in [0.29, 0.717) is 0 Å². The molecule has 4 rings (SSSR count). The van der Waals surface area contributed by atoms with Gasteiger partial charge in [-0.05, 0) is 81.2 Å². The number of likely N-dealkylation sites (tertiary alicyclic amines) is 1. The van der Waals surface area contributed by atoms with E-state index in [9.17, 15) is 4.79 Å². The summed E-state index contributed by atoms with van der Waals surface area (Å²) in [7, 11) is 4.34. The van der Waals surface area contributed by atoms with Crippen LogP contribution in [-0.2, 0) is 0 Å². The van der Waals surface area contributed by atoms with Crippen molar-refractivity contribution in [1.29, 1.82) is 0 Å². The lowest BCUT2D eigenvalue weighted by Gasteiger charge is -2.37. The quantitative estimate of drug-likeness (QED) is 0.557. The third-order valence-corrected chi connectivity index (χ3v) is 7.25. The number of benzene rings is 3. The average Bonchev–Trinajstić information content (AvgIpc) is 3.11. The summed E-state index contributed by atoms with van der Waals surface area (Å²) < 4.78 is 0. The number of aryl methyl sites for hydroxylation is 1. The Balaban J connectivity index is 1.53. The first-order valence-corrected chi connectivity index (χ1v) is 11.6. The van der Waals surface area contributed by atoms with Crippen molar-refractivity contribution in [3.8, 4) is 0 Å². The van der Waals surface area contributed by atoms with Gasteiger partial charge in [0.25, 0.3) is 5.91 Å². The van der Waals surface area contributed by atoms with Crippen LogP contribution in [-0.4, -0.2) is 43.5 Å². The van der Waals surface area contributed by atoms with Crippen LogP contribution in [0.1, 0.15) is 54.2 Å². The molecule has 3 aromatic rings. The van der Waals surface area contributed by atoms with Crippen molar-refractivity contribution in [2.45, 2.75) is 45.2 Å². The van der Waals surface area contributed by atoms with E-state index in [2.05, 4.69) is 85.5 Å². The summed E-state index contributed by atoms with van der Waals surface area (Å²) in [5, 5.41) is 5.61. The third kappa shape index (κ3) is 4.37. The lowest BCUT2D eigenvalue weighted by atomic mass is 9.97. The first kappa shape index (κ1) is 22.3. The van der Waals surface area contributed by atoms with Crippen LogP contribution in [0.2, 0.25) is 0 Å². The Morgan fingerprint density at radius 1 is 1.16 bits per heavy atom. The van der Waals surface area contributed by atoms with E-state index in [-0.39, 0.29) is 17.5 Å². The van der Waals surface area contributed by atoms with Crippen LogP contribution >= 0.6 is 0 Å². The lowest BCUT2D eigenvalue weighted by molar-refractivity contribution is 0.0939. The van der Waals surface area contributed by atoms with Crippen LogP contribution in [0.5, 0.6) is 0 Å². The van der Waals surface area contributed by atoms with Crippen LogP contribution in [0.25, 0.3) is 10.8 Å². The van der Waals surface area contributed by atoms with Crippen molar-refractivity contribution >= 4 is 22.4 Å². The maximum absolute atomic E-state index is 13.3. The number of nitrogens with one attached hydrogen (secondary N) is 1. The molecule has 0 aliphatic carbocycles. The number of likely N-dealkylation sites (N-methyl/N-ethyl adjacent to an activating group) is 2. The third-order valence-electron chi connectivity index (χ3n) is 7.25. The monoisotopic (exact) mass is 429 g/mol. The molecule has 1 amide bonds. The smallest absolute Gasteiger partial charge is 0.252 e. The SMILES string of the molecule is Cc1ccc(N(C)C[C@@]2(C)CCCN2C)cc1C(=O)N[C@H](C)c1cccc2ccccc12. The van der Waals surface area contributed by atoms with Crippen LogP contribution < -0.4 is 10.2 Å². The van der Waals surface area contributed by atoms with Crippen molar-refractivity contribution in [3.05, 3.63) is 77.4 Å². The molecule has 1 aliphatic heterocycles. The number of carbonyl (C=O) groups excluding carboxylic acids is 1. The molecular formula is C28H35N3O. The zero-order valence-electron chi connectivity index (χ0n) is 20.0. The second-order valence-corrected chi connectivity index (χ2v) is 9.64. The molecule has 1 heterocycles. The fourth-order valence-corrected chi connectivity index (χ4v) is 5.03. The molecule has 0 radical (unpaired) electrons. The molecule has 0 saturated carbocycles. The fourth-order valence-electron chi connectivity index (χ4n) is 5.03. The molecule has 4 heteroatoms. The summed E-state index contributed by atoms with van der Waals surface area (Å²) in [6.45, 7) is 8.50. The number of carbonyl (C=O) groups is 1. The maximum Gasteiger partial charge on any atom is 0.252 e. The molecule has 3 aromatic carbocycles. The van der Waals surface area contributed by atoms with E-state index < -0.39 is 0 Å². The topological polar surface area (TPSA) is 35.6 Å². The number of rotatable bonds is 6. The van der Waals surface area contributed by atoms with Gasteiger partial charge in [-0.15, -0.1) is 0 Å². The first-order chi connectivity index (χ1) is 15.3. The van der Waals surface area contributed by atoms with Crippen molar-refractivity contribution in [2.75, 3.05) is 32.1 Å². The minimum atomic E-state index is -0.0829. The summed E-state index contributed by atoms with van der Waals surface area (Å²) in [4.78, 5) is 18.0. The highest BCUT2D eigenvalue weighted by Crippen LogP contribution is 2.30. The van der Waals surface area contributed by atoms with Gasteiger partial charge in [-0.25, -0.2) is 0 Å². The van der Waals surface area contributed by atoms with E-state index >= 15 is 0 Å². The van der Waals surface area contributed by atoms with Gasteiger partial charge in [0.2, 0.25) is 0 Å². The molecule has 4 nitrogen and oxygen atoms in total. The number of nitrogens with zero attached hydrogens (tertiary/aromatic N) is 2. The summed E-state index contributed by atoms with van der Waals surface area (Å²) in [5.74, 6) is -0.0256. The molecule has 1 saturated heterocycles. The number of anilines is 1. The van der Waals surface area contributed by atoms with Gasteiger partial charge in [-0.3, -0.25) is 9.69 Å². The van der Waals surface area contributed by atoms with Crippen LogP contribution in [0.4, 0.5) is 5.69 Å². The van der Waals surface area contributed by atoms with Gasteiger partial charge in [0.15, 0.2) is 0 Å². The fraction of sp³-hybridized carbons (Fsp3) is 0.393. The van der Waals surface area contributed by atoms with Crippen LogP contribution in [0.3, 0.4) is 0 Å². The van der Waals surface area contributed by atoms with Crippen molar-refractivity contribution in [3.63, 3.8) is 0 Å².